The van der Waals surface area contributed by atoms with Crippen LogP contribution in [0.5, 0.6) is 0 Å². The van der Waals surface area contributed by atoms with Gasteiger partial charge in [-0.25, -0.2) is 4.52 Å². The Morgan fingerprint density at radius 3 is 2.90 bits per heavy atom. The molecule has 20 heavy (non-hydrogen) atoms. The first kappa shape index (κ1) is 13.9. The number of nitrogens with zero attached hydrogens (tertiary/aromatic N) is 3. The van der Waals surface area contributed by atoms with Crippen molar-refractivity contribution in [3.05, 3.63) is 22.8 Å². The number of nitrogens with one attached hydrogen (secondary N) is 1. The van der Waals surface area contributed by atoms with Gasteiger partial charge in [-0.3, -0.25) is 0 Å². The van der Waals surface area contributed by atoms with Crippen LogP contribution in [0.15, 0.2) is 22.8 Å². The molecule has 0 spiro atoms. The maximum absolute atomic E-state index is 4.47. The van der Waals surface area contributed by atoms with Gasteiger partial charge >= 0.3 is 0 Å². The lowest BCUT2D eigenvalue weighted by Crippen LogP contribution is -2.16. The van der Waals surface area contributed by atoms with Gasteiger partial charge in [-0.1, -0.05) is 32.6 Å². The second-order valence-electron chi connectivity index (χ2n) is 5.93. The summed E-state index contributed by atoms with van der Waals surface area (Å²) in [6, 6.07) is 3.95. The Bertz CT molecular complexity index is 572. The lowest BCUT2D eigenvalue weighted by atomic mass is 9.81. The molecule has 4 nitrogen and oxygen atoms in total. The normalized spacial score (nSPS) is 23.1. The van der Waals surface area contributed by atoms with Gasteiger partial charge in [0.15, 0.2) is 5.65 Å². The predicted octanol–water partition coefficient (Wildman–Crippen LogP) is 4.12. The number of rotatable bonds is 4. The van der Waals surface area contributed by atoms with Crippen LogP contribution in [0.1, 0.15) is 39.0 Å². The number of hydrogen-bond acceptors (Lipinski definition) is 3. The monoisotopic (exact) mass is 336 g/mol. The fraction of sp³-hybridized carbons (Fsp3) is 0.600. The van der Waals surface area contributed by atoms with Crippen LogP contribution >= 0.6 is 15.9 Å². The first-order valence-electron chi connectivity index (χ1n) is 7.46. The molecule has 1 N–H and O–H groups in total. The third-order valence-corrected chi connectivity index (χ3v) is 4.74. The highest BCUT2D eigenvalue weighted by Crippen LogP contribution is 2.30. The van der Waals surface area contributed by atoms with Crippen molar-refractivity contribution in [2.75, 3.05) is 11.9 Å². The molecule has 5 heteroatoms. The molecule has 1 saturated carbocycles. The van der Waals surface area contributed by atoms with Crippen LogP contribution in [-0.4, -0.2) is 21.1 Å². The van der Waals surface area contributed by atoms with Crippen LogP contribution in [0.2, 0.25) is 0 Å². The van der Waals surface area contributed by atoms with E-state index in [1.165, 1.54) is 32.1 Å². The van der Waals surface area contributed by atoms with E-state index in [1.54, 1.807) is 4.52 Å². The second kappa shape index (κ2) is 6.12. The average Bonchev–Trinajstić information content (AvgIpc) is 2.83. The molecule has 0 amide bonds. The summed E-state index contributed by atoms with van der Waals surface area (Å²) in [6.45, 7) is 3.34. The van der Waals surface area contributed by atoms with Crippen molar-refractivity contribution >= 4 is 27.5 Å². The Balaban J connectivity index is 1.52. The van der Waals surface area contributed by atoms with Gasteiger partial charge in [0, 0.05) is 17.2 Å². The van der Waals surface area contributed by atoms with Crippen molar-refractivity contribution in [3.8, 4) is 0 Å². The molecule has 2 aromatic heterocycles. The van der Waals surface area contributed by atoms with E-state index in [2.05, 4.69) is 38.3 Å². The van der Waals surface area contributed by atoms with E-state index in [4.69, 9.17) is 0 Å². The smallest absolute Gasteiger partial charge is 0.243 e. The van der Waals surface area contributed by atoms with E-state index in [0.29, 0.717) is 0 Å². The average molecular weight is 337 g/mol. The van der Waals surface area contributed by atoms with E-state index < -0.39 is 0 Å². The fourth-order valence-electron chi connectivity index (χ4n) is 2.94. The van der Waals surface area contributed by atoms with Crippen molar-refractivity contribution < 1.29 is 0 Å². The van der Waals surface area contributed by atoms with Gasteiger partial charge in [0.1, 0.15) is 0 Å². The van der Waals surface area contributed by atoms with E-state index in [0.717, 1.165) is 34.4 Å². The largest absolute Gasteiger partial charge is 0.353 e. The third-order valence-electron chi connectivity index (χ3n) is 4.27. The first-order chi connectivity index (χ1) is 9.70. The fourth-order valence-corrected chi connectivity index (χ4v) is 3.26. The zero-order valence-corrected chi connectivity index (χ0v) is 13.4. The Morgan fingerprint density at radius 1 is 1.30 bits per heavy atom. The Hall–Kier alpha value is -1.10. The Labute approximate surface area is 128 Å². The molecule has 0 aromatic carbocycles. The lowest BCUT2D eigenvalue weighted by Gasteiger charge is -2.25. The van der Waals surface area contributed by atoms with Gasteiger partial charge in [0.25, 0.3) is 0 Å². The SMILES string of the molecule is CC1CCC(CCNc2nc3ccc(Br)cn3n2)CC1. The lowest BCUT2D eigenvalue weighted by molar-refractivity contribution is 0.282. The summed E-state index contributed by atoms with van der Waals surface area (Å²) in [7, 11) is 0. The summed E-state index contributed by atoms with van der Waals surface area (Å²) in [6.07, 6.45) is 8.71. The minimum Gasteiger partial charge on any atom is -0.353 e. The Morgan fingerprint density at radius 2 is 2.10 bits per heavy atom. The van der Waals surface area contributed by atoms with Gasteiger partial charge in [0.05, 0.1) is 0 Å². The van der Waals surface area contributed by atoms with Crippen LogP contribution in [0, 0.1) is 11.8 Å². The highest BCUT2D eigenvalue weighted by molar-refractivity contribution is 9.10. The minimum absolute atomic E-state index is 0.729. The van der Waals surface area contributed by atoms with E-state index in [-0.39, 0.29) is 0 Å². The summed E-state index contributed by atoms with van der Waals surface area (Å²) in [5.41, 5.74) is 0.877. The van der Waals surface area contributed by atoms with Crippen LogP contribution < -0.4 is 5.32 Å². The summed E-state index contributed by atoms with van der Waals surface area (Å²) >= 11 is 3.44. The molecule has 0 saturated heterocycles. The Kier molecular flexibility index (Phi) is 4.24. The van der Waals surface area contributed by atoms with Crippen LogP contribution in [0.3, 0.4) is 0 Å². The molecule has 0 atom stereocenters. The number of aromatic nitrogens is 3. The summed E-state index contributed by atoms with van der Waals surface area (Å²) in [4.78, 5) is 4.47. The van der Waals surface area contributed by atoms with Crippen molar-refractivity contribution in [2.45, 2.75) is 39.0 Å². The molecule has 0 bridgehead atoms. The molecule has 3 rings (SSSR count). The van der Waals surface area contributed by atoms with Gasteiger partial charge in [-0.2, -0.15) is 4.98 Å². The second-order valence-corrected chi connectivity index (χ2v) is 6.84. The van der Waals surface area contributed by atoms with Crippen molar-refractivity contribution in [1.82, 2.24) is 14.6 Å². The number of pyridine rings is 1. The zero-order valence-electron chi connectivity index (χ0n) is 11.8. The summed E-state index contributed by atoms with van der Waals surface area (Å²) < 4.78 is 2.81. The topological polar surface area (TPSA) is 42.2 Å². The van der Waals surface area contributed by atoms with Crippen LogP contribution in [0.25, 0.3) is 5.65 Å². The molecule has 1 aliphatic rings. The number of halogens is 1. The van der Waals surface area contributed by atoms with E-state index >= 15 is 0 Å². The molecule has 1 aliphatic carbocycles. The minimum atomic E-state index is 0.729. The highest BCUT2D eigenvalue weighted by atomic mass is 79.9. The van der Waals surface area contributed by atoms with Crippen molar-refractivity contribution in [3.63, 3.8) is 0 Å². The standard InChI is InChI=1S/C15H21BrN4/c1-11-2-4-12(5-3-11)8-9-17-15-18-14-7-6-13(16)10-20(14)19-15/h6-7,10-12H,2-5,8-9H2,1H3,(H,17,19). The zero-order chi connectivity index (χ0) is 13.9. The predicted molar refractivity (Wildman–Crippen MR) is 84.9 cm³/mol. The maximum atomic E-state index is 4.47. The number of fused-ring (bicyclic) bond motifs is 1. The molecule has 108 valence electrons. The van der Waals surface area contributed by atoms with Gasteiger partial charge in [-0.05, 0) is 46.3 Å². The number of anilines is 1. The molecule has 0 unspecified atom stereocenters. The molecule has 0 aliphatic heterocycles. The van der Waals surface area contributed by atoms with Crippen molar-refractivity contribution in [2.24, 2.45) is 11.8 Å². The highest BCUT2D eigenvalue weighted by Gasteiger charge is 2.17. The van der Waals surface area contributed by atoms with Crippen molar-refractivity contribution in [1.29, 1.82) is 0 Å². The quantitative estimate of drug-likeness (QED) is 0.913. The molecule has 2 aromatic rings. The van der Waals surface area contributed by atoms with Gasteiger partial charge in [0.2, 0.25) is 5.95 Å². The van der Waals surface area contributed by atoms with Gasteiger partial charge in [-0.15, -0.1) is 5.10 Å². The first-order valence-corrected chi connectivity index (χ1v) is 8.26. The molecule has 1 fully saturated rings. The molecule has 0 radical (unpaired) electrons. The maximum Gasteiger partial charge on any atom is 0.243 e. The molecule has 2 heterocycles. The third kappa shape index (κ3) is 3.32. The van der Waals surface area contributed by atoms with E-state index in [9.17, 15) is 0 Å². The van der Waals surface area contributed by atoms with Crippen LogP contribution in [-0.2, 0) is 0 Å². The molecular weight excluding hydrogens is 316 g/mol. The van der Waals surface area contributed by atoms with Gasteiger partial charge < -0.3 is 5.32 Å². The summed E-state index contributed by atoms with van der Waals surface area (Å²) in [5, 5.41) is 7.79. The van der Waals surface area contributed by atoms with E-state index in [1.807, 2.05) is 18.3 Å². The summed E-state index contributed by atoms with van der Waals surface area (Å²) in [5.74, 6) is 2.54. The number of hydrogen-bond donors (Lipinski definition) is 1. The van der Waals surface area contributed by atoms with Crippen LogP contribution in [0.4, 0.5) is 5.95 Å². The molecular formula is C15H21BrN4.